The first-order valence-electron chi connectivity index (χ1n) is 4.95. The molecule has 4 heteroatoms. The van der Waals surface area contributed by atoms with Crippen molar-refractivity contribution in [1.82, 2.24) is 0 Å². The van der Waals surface area contributed by atoms with Crippen LogP contribution in [0.3, 0.4) is 0 Å². The summed E-state index contributed by atoms with van der Waals surface area (Å²) in [4.78, 5) is 0.893. The normalized spacial score (nSPS) is 10.9. The predicted molar refractivity (Wildman–Crippen MR) is 71.3 cm³/mol. The van der Waals surface area contributed by atoms with E-state index in [1.165, 1.54) is 24.1 Å². The summed E-state index contributed by atoms with van der Waals surface area (Å²) in [6, 6.07) is 13.6. The molecule has 0 heterocycles. The van der Waals surface area contributed by atoms with Gasteiger partial charge in [0.1, 0.15) is 5.82 Å². The SMILES string of the molecule is Fc1ccc(SN=Cc2cccc(Cl)c2)cc1. The molecule has 0 aliphatic rings. The molecule has 0 radical (unpaired) electrons. The van der Waals surface area contributed by atoms with E-state index >= 15 is 0 Å². The summed E-state index contributed by atoms with van der Waals surface area (Å²) in [5.74, 6) is -0.242. The van der Waals surface area contributed by atoms with E-state index in [4.69, 9.17) is 11.6 Å². The van der Waals surface area contributed by atoms with Crippen LogP contribution in [0.5, 0.6) is 0 Å². The lowest BCUT2D eigenvalue weighted by atomic mass is 10.2. The molecule has 0 aliphatic carbocycles. The van der Waals surface area contributed by atoms with Gasteiger partial charge in [0.05, 0.1) is 0 Å². The highest BCUT2D eigenvalue weighted by Gasteiger charge is 1.93. The maximum atomic E-state index is 12.7. The number of rotatable bonds is 3. The zero-order valence-corrected chi connectivity index (χ0v) is 10.4. The molecule has 2 aromatic carbocycles. The Morgan fingerprint density at radius 3 is 2.59 bits per heavy atom. The minimum atomic E-state index is -0.242. The van der Waals surface area contributed by atoms with Crippen molar-refractivity contribution in [1.29, 1.82) is 0 Å². The van der Waals surface area contributed by atoms with Crippen molar-refractivity contribution in [2.45, 2.75) is 4.90 Å². The lowest BCUT2D eigenvalue weighted by Gasteiger charge is -1.95. The minimum absolute atomic E-state index is 0.242. The highest BCUT2D eigenvalue weighted by Crippen LogP contribution is 2.19. The lowest BCUT2D eigenvalue weighted by molar-refractivity contribution is 0.626. The third-order valence-electron chi connectivity index (χ3n) is 2.02. The summed E-state index contributed by atoms with van der Waals surface area (Å²) >= 11 is 7.14. The van der Waals surface area contributed by atoms with Crippen LogP contribution in [0.15, 0.2) is 57.8 Å². The fraction of sp³-hybridized carbons (Fsp3) is 0. The average Bonchev–Trinajstić information content (AvgIpc) is 2.32. The van der Waals surface area contributed by atoms with Gasteiger partial charge >= 0.3 is 0 Å². The van der Waals surface area contributed by atoms with E-state index in [1.54, 1.807) is 18.3 Å². The van der Waals surface area contributed by atoms with Gasteiger partial charge < -0.3 is 0 Å². The molecule has 0 amide bonds. The number of hydrogen-bond acceptors (Lipinski definition) is 2. The second-order valence-corrected chi connectivity index (χ2v) is 4.64. The van der Waals surface area contributed by atoms with Crippen LogP contribution in [0.25, 0.3) is 0 Å². The number of nitrogens with zero attached hydrogens (tertiary/aromatic N) is 1. The first-order chi connectivity index (χ1) is 8.24. The molecule has 0 saturated carbocycles. The van der Waals surface area contributed by atoms with Crippen molar-refractivity contribution in [2.75, 3.05) is 0 Å². The molecule has 86 valence electrons. The van der Waals surface area contributed by atoms with Gasteiger partial charge in [-0.2, -0.15) is 0 Å². The third-order valence-corrected chi connectivity index (χ3v) is 2.95. The van der Waals surface area contributed by atoms with Crippen molar-refractivity contribution in [3.05, 3.63) is 64.9 Å². The molecule has 0 N–H and O–H groups in total. The van der Waals surface area contributed by atoms with Gasteiger partial charge in [0.25, 0.3) is 0 Å². The number of halogens is 2. The fourth-order valence-electron chi connectivity index (χ4n) is 1.23. The summed E-state index contributed by atoms with van der Waals surface area (Å²) < 4.78 is 16.8. The predicted octanol–water partition coefficient (Wildman–Crippen LogP) is 4.61. The molecular formula is C13H9ClFNS. The molecule has 0 fully saturated rings. The van der Waals surface area contributed by atoms with E-state index in [1.807, 2.05) is 24.3 Å². The van der Waals surface area contributed by atoms with Crippen LogP contribution in [-0.4, -0.2) is 6.21 Å². The first-order valence-corrected chi connectivity index (χ1v) is 6.11. The number of benzene rings is 2. The van der Waals surface area contributed by atoms with Crippen molar-refractivity contribution in [3.63, 3.8) is 0 Å². The molecule has 2 aromatic rings. The maximum Gasteiger partial charge on any atom is 0.123 e. The van der Waals surface area contributed by atoms with E-state index < -0.39 is 0 Å². The molecule has 0 atom stereocenters. The summed E-state index contributed by atoms with van der Waals surface area (Å²) in [5.41, 5.74) is 0.937. The van der Waals surface area contributed by atoms with E-state index in [0.717, 1.165) is 10.5 Å². The Labute approximate surface area is 108 Å². The van der Waals surface area contributed by atoms with Gasteiger partial charge in [0.2, 0.25) is 0 Å². The third kappa shape index (κ3) is 3.88. The van der Waals surface area contributed by atoms with Crippen LogP contribution >= 0.6 is 23.5 Å². The number of hydrogen-bond donors (Lipinski definition) is 0. The summed E-state index contributed by atoms with van der Waals surface area (Å²) in [6.07, 6.45) is 1.72. The molecule has 2 rings (SSSR count). The topological polar surface area (TPSA) is 12.4 Å². The quantitative estimate of drug-likeness (QED) is 0.583. The molecule has 17 heavy (non-hydrogen) atoms. The molecule has 1 nitrogen and oxygen atoms in total. The molecule has 0 spiro atoms. The van der Waals surface area contributed by atoms with Crippen molar-refractivity contribution < 1.29 is 4.39 Å². The molecule has 0 aliphatic heterocycles. The molecule has 0 unspecified atom stereocenters. The Morgan fingerprint density at radius 1 is 1.12 bits per heavy atom. The van der Waals surface area contributed by atoms with Crippen LogP contribution in [-0.2, 0) is 0 Å². The lowest BCUT2D eigenvalue weighted by Crippen LogP contribution is -1.78. The molecule has 0 aromatic heterocycles. The average molecular weight is 266 g/mol. The van der Waals surface area contributed by atoms with Crippen molar-refractivity contribution in [2.24, 2.45) is 4.40 Å². The van der Waals surface area contributed by atoms with Crippen molar-refractivity contribution in [3.8, 4) is 0 Å². The Bertz CT molecular complexity index is 525. The molecule has 0 bridgehead atoms. The second-order valence-electron chi connectivity index (χ2n) is 3.33. The maximum absolute atomic E-state index is 12.7. The van der Waals surface area contributed by atoms with Gasteiger partial charge in [-0.25, -0.2) is 8.79 Å². The summed E-state index contributed by atoms with van der Waals surface area (Å²) in [7, 11) is 0. The van der Waals surface area contributed by atoms with Gasteiger partial charge in [0.15, 0.2) is 0 Å². The molecular weight excluding hydrogens is 257 g/mol. The summed E-state index contributed by atoms with van der Waals surface area (Å²) in [6.45, 7) is 0. The van der Waals surface area contributed by atoms with E-state index in [-0.39, 0.29) is 5.82 Å². The zero-order valence-electron chi connectivity index (χ0n) is 8.81. The highest BCUT2D eigenvalue weighted by atomic mass is 35.5. The smallest absolute Gasteiger partial charge is 0.123 e. The minimum Gasteiger partial charge on any atom is -0.219 e. The van der Waals surface area contributed by atoms with E-state index in [0.29, 0.717) is 5.02 Å². The standard InChI is InChI=1S/C13H9ClFNS/c14-11-3-1-2-10(8-11)9-16-17-13-6-4-12(15)5-7-13/h1-9H. The van der Waals surface area contributed by atoms with Crippen LogP contribution in [0.2, 0.25) is 5.02 Å². The molecule has 0 saturated heterocycles. The van der Waals surface area contributed by atoms with Gasteiger partial charge in [-0.15, -0.1) is 0 Å². The monoisotopic (exact) mass is 265 g/mol. The van der Waals surface area contributed by atoms with Crippen LogP contribution in [0, 0.1) is 5.82 Å². The Hall–Kier alpha value is -1.32. The van der Waals surface area contributed by atoms with Crippen LogP contribution < -0.4 is 0 Å². The van der Waals surface area contributed by atoms with Crippen molar-refractivity contribution >= 4 is 29.8 Å². The van der Waals surface area contributed by atoms with Crippen LogP contribution in [0.4, 0.5) is 4.39 Å². The highest BCUT2D eigenvalue weighted by molar-refractivity contribution is 7.98. The summed E-state index contributed by atoms with van der Waals surface area (Å²) in [5, 5.41) is 0.681. The Balaban J connectivity index is 2.00. The Morgan fingerprint density at radius 2 is 1.88 bits per heavy atom. The first kappa shape index (κ1) is 12.1. The zero-order chi connectivity index (χ0) is 12.1. The van der Waals surface area contributed by atoms with E-state index in [9.17, 15) is 4.39 Å². The van der Waals surface area contributed by atoms with Gasteiger partial charge in [-0.1, -0.05) is 23.7 Å². The van der Waals surface area contributed by atoms with Gasteiger partial charge in [0, 0.05) is 28.1 Å². The van der Waals surface area contributed by atoms with Gasteiger partial charge in [-0.3, -0.25) is 0 Å². The Kier molecular flexibility index (Phi) is 4.18. The fourth-order valence-corrected chi connectivity index (χ4v) is 1.98. The van der Waals surface area contributed by atoms with E-state index in [2.05, 4.69) is 4.40 Å². The second kappa shape index (κ2) is 5.84. The van der Waals surface area contributed by atoms with Crippen LogP contribution in [0.1, 0.15) is 5.56 Å². The largest absolute Gasteiger partial charge is 0.219 e. The van der Waals surface area contributed by atoms with Gasteiger partial charge in [-0.05, 0) is 42.0 Å².